The van der Waals surface area contributed by atoms with Crippen LogP contribution in [0.25, 0.3) is 0 Å². The van der Waals surface area contributed by atoms with Crippen LogP contribution in [0.2, 0.25) is 0 Å². The van der Waals surface area contributed by atoms with Gasteiger partial charge in [-0.25, -0.2) is 9.67 Å². The van der Waals surface area contributed by atoms with Crippen molar-refractivity contribution in [2.24, 2.45) is 0 Å². The highest BCUT2D eigenvalue weighted by molar-refractivity contribution is 5.76. The predicted octanol–water partition coefficient (Wildman–Crippen LogP) is 2.02. The van der Waals surface area contributed by atoms with Gasteiger partial charge in [0.15, 0.2) is 0 Å². The summed E-state index contributed by atoms with van der Waals surface area (Å²) in [5.41, 5.74) is 0. The minimum Gasteiger partial charge on any atom is -0.300 e. The quantitative estimate of drug-likeness (QED) is 0.816. The minimum atomic E-state index is 0.286. The molecule has 1 aliphatic heterocycles. The Balaban J connectivity index is 2.07. The summed E-state index contributed by atoms with van der Waals surface area (Å²) < 4.78 is 1.94. The van der Waals surface area contributed by atoms with Gasteiger partial charge in [-0.15, -0.1) is 0 Å². The van der Waals surface area contributed by atoms with Crippen LogP contribution >= 0.6 is 0 Å². The fourth-order valence-electron chi connectivity index (χ4n) is 2.86. The van der Waals surface area contributed by atoms with Gasteiger partial charge >= 0.3 is 0 Å². The van der Waals surface area contributed by atoms with Crippen molar-refractivity contribution < 1.29 is 4.79 Å². The molecule has 2 heterocycles. The SMILES string of the molecule is CCn1ncnc1CN1CCCCCC1CC(C)=O. The van der Waals surface area contributed by atoms with Gasteiger partial charge in [0, 0.05) is 19.0 Å². The van der Waals surface area contributed by atoms with Crippen molar-refractivity contribution >= 4 is 5.78 Å². The number of hydrogen-bond acceptors (Lipinski definition) is 4. The van der Waals surface area contributed by atoms with E-state index in [9.17, 15) is 4.79 Å². The number of hydrogen-bond donors (Lipinski definition) is 0. The Kier molecular flexibility index (Phi) is 5.07. The van der Waals surface area contributed by atoms with E-state index in [1.54, 1.807) is 13.3 Å². The molecule has 1 fully saturated rings. The standard InChI is InChI=1S/C14H24N4O/c1-3-18-14(15-11-16-18)10-17-8-6-4-5-7-13(17)9-12(2)19/h11,13H,3-10H2,1-2H3. The summed E-state index contributed by atoms with van der Waals surface area (Å²) in [6, 6.07) is 0.377. The van der Waals surface area contributed by atoms with E-state index in [1.165, 1.54) is 19.3 Å². The topological polar surface area (TPSA) is 51.0 Å². The third kappa shape index (κ3) is 3.86. The van der Waals surface area contributed by atoms with Crippen LogP contribution in [0.1, 0.15) is 51.8 Å². The van der Waals surface area contributed by atoms with Gasteiger partial charge in [0.25, 0.3) is 0 Å². The van der Waals surface area contributed by atoms with Crippen molar-refractivity contribution in [3.8, 4) is 0 Å². The molecule has 0 radical (unpaired) electrons. The highest BCUT2D eigenvalue weighted by Crippen LogP contribution is 2.21. The Morgan fingerprint density at radius 2 is 2.26 bits per heavy atom. The normalized spacial score (nSPS) is 21.3. The maximum absolute atomic E-state index is 11.4. The molecule has 2 rings (SSSR count). The molecular weight excluding hydrogens is 240 g/mol. The van der Waals surface area contributed by atoms with Crippen molar-refractivity contribution in [2.75, 3.05) is 6.54 Å². The number of Topliss-reactive ketones (excluding diaryl/α,β-unsaturated/α-hetero) is 1. The van der Waals surface area contributed by atoms with Crippen molar-refractivity contribution in [3.05, 3.63) is 12.2 Å². The molecule has 0 N–H and O–H groups in total. The molecule has 0 aromatic carbocycles. The second kappa shape index (κ2) is 6.80. The smallest absolute Gasteiger partial charge is 0.141 e. The van der Waals surface area contributed by atoms with Crippen LogP contribution in [0, 0.1) is 0 Å². The molecule has 1 aromatic heterocycles. The van der Waals surface area contributed by atoms with Crippen LogP contribution in [0.5, 0.6) is 0 Å². The van der Waals surface area contributed by atoms with Crippen LogP contribution in [0.15, 0.2) is 6.33 Å². The monoisotopic (exact) mass is 264 g/mol. The van der Waals surface area contributed by atoms with Gasteiger partial charge < -0.3 is 0 Å². The molecule has 19 heavy (non-hydrogen) atoms. The fourth-order valence-corrected chi connectivity index (χ4v) is 2.86. The number of carbonyl (C=O) groups is 1. The van der Waals surface area contributed by atoms with E-state index in [0.717, 1.165) is 31.9 Å². The third-order valence-electron chi connectivity index (χ3n) is 3.86. The molecule has 0 amide bonds. The molecule has 1 unspecified atom stereocenters. The van der Waals surface area contributed by atoms with Gasteiger partial charge in [0.2, 0.25) is 0 Å². The molecule has 106 valence electrons. The summed E-state index contributed by atoms with van der Waals surface area (Å²) in [5.74, 6) is 1.30. The first-order valence-electron chi connectivity index (χ1n) is 7.31. The lowest BCUT2D eigenvalue weighted by atomic mass is 10.0. The van der Waals surface area contributed by atoms with Crippen molar-refractivity contribution in [3.63, 3.8) is 0 Å². The van der Waals surface area contributed by atoms with E-state index in [0.29, 0.717) is 12.5 Å². The van der Waals surface area contributed by atoms with E-state index in [4.69, 9.17) is 0 Å². The molecule has 0 spiro atoms. The van der Waals surface area contributed by atoms with Gasteiger partial charge in [-0.05, 0) is 33.2 Å². The molecular formula is C14H24N4O. The molecule has 1 aliphatic rings. The number of carbonyl (C=O) groups excluding carboxylic acids is 1. The molecule has 1 saturated heterocycles. The number of aryl methyl sites for hydroxylation is 1. The number of likely N-dealkylation sites (tertiary alicyclic amines) is 1. The van der Waals surface area contributed by atoms with Gasteiger partial charge in [-0.3, -0.25) is 9.69 Å². The largest absolute Gasteiger partial charge is 0.300 e. The summed E-state index contributed by atoms with van der Waals surface area (Å²) in [6.45, 7) is 6.49. The number of ketones is 1. The van der Waals surface area contributed by atoms with E-state index < -0.39 is 0 Å². The Morgan fingerprint density at radius 3 is 3.00 bits per heavy atom. The third-order valence-corrected chi connectivity index (χ3v) is 3.86. The van der Waals surface area contributed by atoms with Gasteiger partial charge in [-0.2, -0.15) is 5.10 Å². The van der Waals surface area contributed by atoms with Crippen LogP contribution in [-0.4, -0.2) is 38.0 Å². The number of nitrogens with zero attached hydrogens (tertiary/aromatic N) is 4. The van der Waals surface area contributed by atoms with Crippen molar-refractivity contribution in [2.45, 2.75) is 65.1 Å². The minimum absolute atomic E-state index is 0.286. The molecule has 0 aliphatic carbocycles. The first-order valence-corrected chi connectivity index (χ1v) is 7.31. The summed E-state index contributed by atoms with van der Waals surface area (Å²) in [4.78, 5) is 18.2. The molecule has 5 heteroatoms. The van der Waals surface area contributed by atoms with Crippen LogP contribution in [0.3, 0.4) is 0 Å². The maximum atomic E-state index is 11.4. The average Bonchev–Trinajstić information content (AvgIpc) is 2.71. The van der Waals surface area contributed by atoms with Gasteiger partial charge in [-0.1, -0.05) is 12.8 Å². The Hall–Kier alpha value is -1.23. The summed E-state index contributed by atoms with van der Waals surface area (Å²) in [6.07, 6.45) is 7.13. The fraction of sp³-hybridized carbons (Fsp3) is 0.786. The number of aromatic nitrogens is 3. The van der Waals surface area contributed by atoms with Crippen LogP contribution in [0.4, 0.5) is 0 Å². The van der Waals surface area contributed by atoms with E-state index in [-0.39, 0.29) is 5.78 Å². The Bertz CT molecular complexity index is 415. The highest BCUT2D eigenvalue weighted by Gasteiger charge is 2.23. The summed E-state index contributed by atoms with van der Waals surface area (Å²) in [5, 5.41) is 4.22. The zero-order valence-electron chi connectivity index (χ0n) is 12.0. The first-order chi connectivity index (χ1) is 9.20. The molecule has 5 nitrogen and oxygen atoms in total. The summed E-state index contributed by atoms with van der Waals surface area (Å²) in [7, 11) is 0. The second-order valence-electron chi connectivity index (χ2n) is 5.37. The van der Waals surface area contributed by atoms with E-state index in [2.05, 4.69) is 21.9 Å². The molecule has 0 bridgehead atoms. The first kappa shape index (κ1) is 14.2. The van der Waals surface area contributed by atoms with Crippen molar-refractivity contribution in [1.82, 2.24) is 19.7 Å². The predicted molar refractivity (Wildman–Crippen MR) is 73.7 cm³/mol. The Morgan fingerprint density at radius 1 is 1.42 bits per heavy atom. The zero-order chi connectivity index (χ0) is 13.7. The Labute approximate surface area is 115 Å². The number of rotatable bonds is 5. The van der Waals surface area contributed by atoms with Crippen molar-refractivity contribution in [1.29, 1.82) is 0 Å². The average molecular weight is 264 g/mol. The lowest BCUT2D eigenvalue weighted by Crippen LogP contribution is -2.36. The molecule has 1 atom stereocenters. The van der Waals surface area contributed by atoms with Crippen LogP contribution in [-0.2, 0) is 17.9 Å². The maximum Gasteiger partial charge on any atom is 0.141 e. The lowest BCUT2D eigenvalue weighted by Gasteiger charge is -2.28. The molecule has 1 aromatic rings. The van der Waals surface area contributed by atoms with E-state index in [1.807, 2.05) is 4.68 Å². The van der Waals surface area contributed by atoms with Crippen LogP contribution < -0.4 is 0 Å². The van der Waals surface area contributed by atoms with E-state index >= 15 is 0 Å². The highest BCUT2D eigenvalue weighted by atomic mass is 16.1. The molecule has 0 saturated carbocycles. The zero-order valence-corrected chi connectivity index (χ0v) is 12.0. The second-order valence-corrected chi connectivity index (χ2v) is 5.37. The summed E-state index contributed by atoms with van der Waals surface area (Å²) >= 11 is 0. The lowest BCUT2D eigenvalue weighted by molar-refractivity contribution is -0.118. The van der Waals surface area contributed by atoms with Gasteiger partial charge in [0.05, 0.1) is 6.54 Å². The van der Waals surface area contributed by atoms with Gasteiger partial charge in [0.1, 0.15) is 17.9 Å².